The summed E-state index contributed by atoms with van der Waals surface area (Å²) in [5.41, 5.74) is 3.99. The second kappa shape index (κ2) is 10.7. The first-order valence-corrected chi connectivity index (χ1v) is 13.7. The van der Waals surface area contributed by atoms with Gasteiger partial charge in [-0.25, -0.2) is 0 Å². The van der Waals surface area contributed by atoms with E-state index in [1.807, 2.05) is 0 Å². The number of amides is 1. The predicted octanol–water partition coefficient (Wildman–Crippen LogP) is 4.88. The highest BCUT2D eigenvalue weighted by Crippen LogP contribution is 2.33. The van der Waals surface area contributed by atoms with Gasteiger partial charge < -0.3 is 20.0 Å². The van der Waals surface area contributed by atoms with E-state index in [0.29, 0.717) is 6.04 Å². The molecular weight excluding hydrogens is 440 g/mol. The van der Waals surface area contributed by atoms with Gasteiger partial charge in [-0.05, 0) is 101 Å². The highest BCUT2D eigenvalue weighted by Gasteiger charge is 2.30. The first-order chi connectivity index (χ1) is 16.5. The molecule has 6 heteroatoms. The zero-order valence-corrected chi connectivity index (χ0v) is 21.4. The summed E-state index contributed by atoms with van der Waals surface area (Å²) >= 11 is 1.68. The summed E-state index contributed by atoms with van der Waals surface area (Å²) in [5.74, 6) is 0.330. The molecule has 5 nitrogen and oxygen atoms in total. The first-order valence-electron chi connectivity index (χ1n) is 12.9. The number of hydrogen-bond acceptors (Lipinski definition) is 5. The molecule has 182 valence electrons. The van der Waals surface area contributed by atoms with E-state index in [0.717, 1.165) is 50.4 Å². The lowest BCUT2D eigenvalue weighted by Gasteiger charge is -2.40. The van der Waals surface area contributed by atoms with Crippen LogP contribution in [0.15, 0.2) is 42.5 Å². The van der Waals surface area contributed by atoms with Crippen molar-refractivity contribution < 1.29 is 4.79 Å². The van der Waals surface area contributed by atoms with E-state index in [1.165, 1.54) is 47.5 Å². The van der Waals surface area contributed by atoms with Gasteiger partial charge in [0.1, 0.15) is 0 Å². The van der Waals surface area contributed by atoms with Crippen molar-refractivity contribution in [1.29, 1.82) is 0 Å². The Morgan fingerprint density at radius 1 is 0.853 bits per heavy atom. The van der Waals surface area contributed by atoms with Gasteiger partial charge in [0, 0.05) is 29.9 Å². The average Bonchev–Trinajstić information content (AvgIpc) is 3.34. The Bertz CT molecular complexity index is 998. The molecule has 1 amide bonds. The molecule has 1 N–H and O–H groups in total. The number of piperidine rings is 2. The molecular formula is C28H38N4OS. The Balaban J connectivity index is 1.13. The largest absolute Gasteiger partial charge is 0.317 e. The molecule has 2 aromatic rings. The summed E-state index contributed by atoms with van der Waals surface area (Å²) in [4.78, 5) is 21.5. The second-order valence-electron chi connectivity index (χ2n) is 10.3. The summed E-state index contributed by atoms with van der Waals surface area (Å²) in [6.07, 6.45) is 7.94. The van der Waals surface area contributed by atoms with Gasteiger partial charge in [-0.2, -0.15) is 0 Å². The number of rotatable bonds is 5. The van der Waals surface area contributed by atoms with Crippen LogP contribution in [0.5, 0.6) is 0 Å². The summed E-state index contributed by atoms with van der Waals surface area (Å²) in [5, 5.41) is 4.17. The van der Waals surface area contributed by atoms with Gasteiger partial charge in [0.15, 0.2) is 0 Å². The third-order valence-corrected chi connectivity index (χ3v) is 8.96. The van der Waals surface area contributed by atoms with E-state index in [-0.39, 0.29) is 11.8 Å². The lowest BCUT2D eigenvalue weighted by atomic mass is 9.93. The molecule has 0 bridgehead atoms. The highest BCUT2D eigenvalue weighted by atomic mass is 32.1. The van der Waals surface area contributed by atoms with Crippen LogP contribution in [0.3, 0.4) is 0 Å². The van der Waals surface area contributed by atoms with Crippen LogP contribution in [0.25, 0.3) is 16.0 Å². The van der Waals surface area contributed by atoms with E-state index >= 15 is 0 Å². The topological polar surface area (TPSA) is 38.8 Å². The van der Waals surface area contributed by atoms with Crippen LogP contribution in [-0.4, -0.2) is 80.0 Å². The summed E-state index contributed by atoms with van der Waals surface area (Å²) < 4.78 is 0. The van der Waals surface area contributed by atoms with E-state index in [9.17, 15) is 4.79 Å². The number of nitrogens with zero attached hydrogens (tertiary/aromatic N) is 3. The van der Waals surface area contributed by atoms with Crippen LogP contribution in [-0.2, 0) is 4.79 Å². The lowest BCUT2D eigenvalue weighted by molar-refractivity contribution is -0.121. The molecule has 3 aliphatic rings. The molecule has 1 aromatic carbocycles. The fraction of sp³-hybridized carbons (Fsp3) is 0.536. The molecule has 1 aromatic heterocycles. The maximum absolute atomic E-state index is 12.9. The third kappa shape index (κ3) is 5.62. The van der Waals surface area contributed by atoms with Crippen LogP contribution in [0.4, 0.5) is 5.00 Å². The van der Waals surface area contributed by atoms with Crippen molar-refractivity contribution in [3.63, 3.8) is 0 Å². The normalized spacial score (nSPS) is 22.0. The number of likely N-dealkylation sites (tertiary alicyclic amines) is 2. The predicted molar refractivity (Wildman–Crippen MR) is 143 cm³/mol. The van der Waals surface area contributed by atoms with Crippen LogP contribution in [0, 0.1) is 5.92 Å². The third-order valence-electron chi connectivity index (χ3n) is 7.91. The van der Waals surface area contributed by atoms with Gasteiger partial charge >= 0.3 is 0 Å². The number of hydrogen-bond donors (Lipinski definition) is 1. The number of anilines is 1. The summed E-state index contributed by atoms with van der Waals surface area (Å²) in [7, 11) is 4.38. The molecule has 0 saturated carbocycles. The van der Waals surface area contributed by atoms with Crippen molar-refractivity contribution in [2.24, 2.45) is 5.92 Å². The molecule has 0 radical (unpaired) electrons. The minimum atomic E-state index is 0.134. The maximum atomic E-state index is 12.9. The zero-order valence-electron chi connectivity index (χ0n) is 20.6. The Morgan fingerprint density at radius 3 is 2.24 bits per heavy atom. The number of carbonyl (C=O) groups is 1. The fourth-order valence-corrected chi connectivity index (χ4v) is 6.47. The van der Waals surface area contributed by atoms with Crippen molar-refractivity contribution in [2.75, 3.05) is 58.7 Å². The minimum Gasteiger partial charge on any atom is -0.317 e. The van der Waals surface area contributed by atoms with Gasteiger partial charge in [0.05, 0.1) is 5.00 Å². The van der Waals surface area contributed by atoms with Crippen molar-refractivity contribution in [3.05, 3.63) is 48.0 Å². The van der Waals surface area contributed by atoms with Crippen molar-refractivity contribution in [3.8, 4) is 10.4 Å². The smallest absolute Gasteiger partial charge is 0.228 e. The van der Waals surface area contributed by atoms with Gasteiger partial charge in [0.25, 0.3) is 0 Å². The Kier molecular flexibility index (Phi) is 7.49. The van der Waals surface area contributed by atoms with Crippen molar-refractivity contribution in [1.82, 2.24) is 14.7 Å². The molecule has 2 fully saturated rings. The fourth-order valence-electron chi connectivity index (χ4n) is 5.55. The number of nitrogens with one attached hydrogen (secondary N) is 1. The van der Waals surface area contributed by atoms with Gasteiger partial charge in [0.2, 0.25) is 5.91 Å². The van der Waals surface area contributed by atoms with Crippen molar-refractivity contribution >= 4 is 27.8 Å². The number of likely N-dealkylation sites (N-methyl/N-ethyl adjacent to an activating group) is 1. The molecule has 0 aliphatic carbocycles. The SMILES string of the molecule is CN1CC=C(c2ccc(-c3ccc(NC(=O)C4CCN(C5CCN(C)CC5)CC4)s3)cc2)CC1. The molecule has 3 aliphatic heterocycles. The Hall–Kier alpha value is -1.99. The standard InChI is InChI=1S/C28H38N4OS/c1-30-15-9-22(10-16-30)21-3-5-23(6-4-21)26-7-8-27(34-26)29-28(33)24-11-19-32(20-12-24)25-13-17-31(2)18-14-25/h3-9,24-25H,10-20H2,1-2H3,(H,29,33). The molecule has 34 heavy (non-hydrogen) atoms. The monoisotopic (exact) mass is 478 g/mol. The van der Waals surface area contributed by atoms with Crippen LogP contribution in [0.2, 0.25) is 0 Å². The Morgan fingerprint density at radius 2 is 1.56 bits per heavy atom. The summed E-state index contributed by atoms with van der Waals surface area (Å²) in [6.45, 7) is 6.66. The second-order valence-corrected chi connectivity index (χ2v) is 11.4. The molecule has 5 rings (SSSR count). The molecule has 0 unspecified atom stereocenters. The van der Waals surface area contributed by atoms with E-state index in [1.54, 1.807) is 11.3 Å². The van der Waals surface area contributed by atoms with E-state index in [2.05, 4.69) is 76.6 Å². The molecule has 0 spiro atoms. The van der Waals surface area contributed by atoms with E-state index < -0.39 is 0 Å². The maximum Gasteiger partial charge on any atom is 0.228 e. The molecule has 4 heterocycles. The van der Waals surface area contributed by atoms with Gasteiger partial charge in [-0.3, -0.25) is 4.79 Å². The lowest BCUT2D eigenvalue weighted by Crippen LogP contribution is -2.48. The number of benzene rings is 1. The first kappa shape index (κ1) is 23.7. The Labute approximate surface area is 208 Å². The quantitative estimate of drug-likeness (QED) is 0.665. The van der Waals surface area contributed by atoms with Gasteiger partial charge in [-0.1, -0.05) is 30.3 Å². The molecule has 0 atom stereocenters. The average molecular weight is 479 g/mol. The van der Waals surface area contributed by atoms with Gasteiger partial charge in [-0.15, -0.1) is 11.3 Å². The van der Waals surface area contributed by atoms with Crippen LogP contribution in [0.1, 0.15) is 37.7 Å². The summed E-state index contributed by atoms with van der Waals surface area (Å²) in [6, 6.07) is 13.8. The minimum absolute atomic E-state index is 0.134. The van der Waals surface area contributed by atoms with Crippen LogP contribution < -0.4 is 5.32 Å². The van der Waals surface area contributed by atoms with Crippen molar-refractivity contribution in [2.45, 2.75) is 38.1 Å². The van der Waals surface area contributed by atoms with E-state index in [4.69, 9.17) is 0 Å². The highest BCUT2D eigenvalue weighted by molar-refractivity contribution is 7.19. The zero-order chi connectivity index (χ0) is 23.5. The number of carbonyl (C=O) groups excluding carboxylic acids is 1. The molecule has 2 saturated heterocycles. The van der Waals surface area contributed by atoms with Crippen LogP contribution >= 0.6 is 11.3 Å². The number of thiophene rings is 1.